The van der Waals surface area contributed by atoms with Gasteiger partial charge in [-0.3, -0.25) is 14.9 Å². The van der Waals surface area contributed by atoms with Crippen molar-refractivity contribution in [2.75, 3.05) is 0 Å². The van der Waals surface area contributed by atoms with Crippen LogP contribution >= 0.6 is 0 Å². The summed E-state index contributed by atoms with van der Waals surface area (Å²) in [6, 6.07) is 7.08. The van der Waals surface area contributed by atoms with Crippen molar-refractivity contribution in [1.82, 2.24) is 0 Å². The molecule has 2 aromatic rings. The Labute approximate surface area is 117 Å². The quantitative estimate of drug-likeness (QED) is 0.482. The van der Waals surface area contributed by atoms with Crippen molar-refractivity contribution in [3.63, 3.8) is 0 Å². The van der Waals surface area contributed by atoms with Crippen LogP contribution in [0.5, 0.6) is 5.75 Å². The molecular weight excluding hydrogens is 284 g/mol. The number of carbonyl (C=O) groups excluding carboxylic acids is 1. The zero-order valence-electron chi connectivity index (χ0n) is 10.6. The van der Waals surface area contributed by atoms with E-state index in [0.29, 0.717) is 6.29 Å². The first-order valence-electron chi connectivity index (χ1n) is 5.82. The molecule has 0 aliphatic rings. The lowest BCUT2D eigenvalue weighted by molar-refractivity contribution is -0.384. The van der Waals surface area contributed by atoms with Crippen molar-refractivity contribution in [3.05, 3.63) is 69.3 Å². The van der Waals surface area contributed by atoms with Crippen LogP contribution < -0.4 is 4.74 Å². The fourth-order valence-corrected chi connectivity index (χ4v) is 1.69. The van der Waals surface area contributed by atoms with Crippen molar-refractivity contribution in [1.29, 1.82) is 0 Å². The summed E-state index contributed by atoms with van der Waals surface area (Å²) in [5.74, 6) is -1.98. The Morgan fingerprint density at radius 2 is 2.00 bits per heavy atom. The molecule has 0 heterocycles. The summed E-state index contributed by atoms with van der Waals surface area (Å²) in [6.07, 6.45) is 0.393. The second-order valence-corrected chi connectivity index (χ2v) is 4.10. The number of hydrogen-bond donors (Lipinski definition) is 0. The Hall–Kier alpha value is -2.83. The van der Waals surface area contributed by atoms with Gasteiger partial charge in [-0.1, -0.05) is 12.1 Å². The molecule has 0 amide bonds. The first-order valence-corrected chi connectivity index (χ1v) is 5.82. The van der Waals surface area contributed by atoms with Gasteiger partial charge in [-0.15, -0.1) is 0 Å². The van der Waals surface area contributed by atoms with Gasteiger partial charge in [0.1, 0.15) is 12.4 Å². The molecule has 0 radical (unpaired) electrons. The molecule has 0 fully saturated rings. The maximum Gasteiger partial charge on any atom is 0.270 e. The number of ether oxygens (including phenoxy) is 1. The number of non-ortho nitro benzene ring substituents is 1. The highest BCUT2D eigenvalue weighted by Crippen LogP contribution is 2.24. The number of nitro groups is 1. The lowest BCUT2D eigenvalue weighted by Crippen LogP contribution is -2.02. The van der Waals surface area contributed by atoms with Crippen LogP contribution in [0, 0.1) is 21.7 Å². The van der Waals surface area contributed by atoms with Gasteiger partial charge in [0, 0.05) is 17.7 Å². The molecule has 2 aromatic carbocycles. The van der Waals surface area contributed by atoms with Gasteiger partial charge in [-0.2, -0.15) is 0 Å². The Balaban J connectivity index is 2.22. The van der Waals surface area contributed by atoms with E-state index in [9.17, 15) is 23.7 Å². The molecule has 7 heteroatoms. The van der Waals surface area contributed by atoms with E-state index >= 15 is 0 Å². The van der Waals surface area contributed by atoms with Crippen LogP contribution in [-0.4, -0.2) is 11.2 Å². The van der Waals surface area contributed by atoms with Crippen molar-refractivity contribution in [3.8, 4) is 5.75 Å². The molecule has 0 unspecified atom stereocenters. The number of benzene rings is 2. The summed E-state index contributed by atoms with van der Waals surface area (Å²) in [6.45, 7) is -0.303. The second kappa shape index (κ2) is 6.08. The molecule has 0 aliphatic heterocycles. The first kappa shape index (κ1) is 14.6. The Bertz CT molecular complexity index is 703. The maximum atomic E-state index is 13.4. The maximum absolute atomic E-state index is 13.4. The van der Waals surface area contributed by atoms with Crippen LogP contribution in [-0.2, 0) is 6.61 Å². The van der Waals surface area contributed by atoms with Gasteiger partial charge in [-0.05, 0) is 12.1 Å². The molecule has 0 bridgehead atoms. The van der Waals surface area contributed by atoms with Crippen LogP contribution in [0.3, 0.4) is 0 Å². The lowest BCUT2D eigenvalue weighted by atomic mass is 10.2. The molecule has 0 aliphatic carbocycles. The number of nitro benzene ring substituents is 1. The summed E-state index contributed by atoms with van der Waals surface area (Å²) in [7, 11) is 0. The standard InChI is InChI=1S/C14H9F2NO4/c15-12-3-1-2-9(14(12)16)8-21-13-5-4-11(17(19)20)6-10(13)7-18/h1-7H,8H2. The zero-order valence-corrected chi connectivity index (χ0v) is 10.6. The molecule has 108 valence electrons. The molecule has 21 heavy (non-hydrogen) atoms. The summed E-state index contributed by atoms with van der Waals surface area (Å²) in [5.41, 5.74) is -0.326. The monoisotopic (exact) mass is 293 g/mol. The molecule has 0 saturated carbocycles. The van der Waals surface area contributed by atoms with Crippen molar-refractivity contribution in [2.45, 2.75) is 6.61 Å². The molecule has 0 spiro atoms. The summed E-state index contributed by atoms with van der Waals surface area (Å²) < 4.78 is 31.7. The Kier molecular flexibility index (Phi) is 4.22. The van der Waals surface area contributed by atoms with Crippen molar-refractivity contribution in [2.24, 2.45) is 0 Å². The molecule has 0 atom stereocenters. The second-order valence-electron chi connectivity index (χ2n) is 4.10. The summed E-state index contributed by atoms with van der Waals surface area (Å²) >= 11 is 0. The van der Waals surface area contributed by atoms with E-state index in [1.54, 1.807) is 0 Å². The lowest BCUT2D eigenvalue weighted by Gasteiger charge is -2.09. The summed E-state index contributed by atoms with van der Waals surface area (Å²) in [4.78, 5) is 20.8. The van der Waals surface area contributed by atoms with E-state index in [1.807, 2.05) is 0 Å². The fraction of sp³-hybridized carbons (Fsp3) is 0.0714. The van der Waals surface area contributed by atoms with E-state index in [-0.39, 0.29) is 29.2 Å². The molecule has 5 nitrogen and oxygen atoms in total. The minimum atomic E-state index is -1.04. The minimum Gasteiger partial charge on any atom is -0.488 e. The van der Waals surface area contributed by atoms with E-state index in [4.69, 9.17) is 4.74 Å². The highest BCUT2D eigenvalue weighted by Gasteiger charge is 2.13. The van der Waals surface area contributed by atoms with Crippen LogP contribution in [0.2, 0.25) is 0 Å². The SMILES string of the molecule is O=Cc1cc([N+](=O)[O-])ccc1OCc1cccc(F)c1F. The van der Waals surface area contributed by atoms with Gasteiger partial charge < -0.3 is 4.74 Å². The molecule has 0 N–H and O–H groups in total. The third-order valence-corrected chi connectivity index (χ3v) is 2.75. The fourth-order valence-electron chi connectivity index (χ4n) is 1.69. The van der Waals surface area contributed by atoms with Gasteiger partial charge in [0.2, 0.25) is 0 Å². The predicted octanol–water partition coefficient (Wildman–Crippen LogP) is 3.26. The van der Waals surface area contributed by atoms with E-state index in [2.05, 4.69) is 0 Å². The number of carbonyl (C=O) groups is 1. The van der Waals surface area contributed by atoms with Gasteiger partial charge >= 0.3 is 0 Å². The zero-order chi connectivity index (χ0) is 15.4. The van der Waals surface area contributed by atoms with Crippen LogP contribution in [0.4, 0.5) is 14.5 Å². The normalized spacial score (nSPS) is 10.2. The van der Waals surface area contributed by atoms with Crippen molar-refractivity contribution < 1.29 is 23.2 Å². The average molecular weight is 293 g/mol. The Morgan fingerprint density at radius 1 is 1.24 bits per heavy atom. The number of halogens is 2. The third-order valence-electron chi connectivity index (χ3n) is 2.75. The minimum absolute atomic E-state index is 0.0230. The smallest absolute Gasteiger partial charge is 0.270 e. The van der Waals surface area contributed by atoms with Gasteiger partial charge in [0.15, 0.2) is 17.9 Å². The molecule has 2 rings (SSSR count). The largest absolute Gasteiger partial charge is 0.488 e. The number of aldehydes is 1. The van der Waals surface area contributed by atoms with Crippen LogP contribution in [0.15, 0.2) is 36.4 Å². The average Bonchev–Trinajstić information content (AvgIpc) is 2.48. The third kappa shape index (κ3) is 3.19. The topological polar surface area (TPSA) is 69.4 Å². The van der Waals surface area contributed by atoms with Crippen LogP contribution in [0.25, 0.3) is 0 Å². The molecule has 0 saturated heterocycles. The van der Waals surface area contributed by atoms with E-state index < -0.39 is 16.6 Å². The number of hydrogen-bond acceptors (Lipinski definition) is 4. The van der Waals surface area contributed by atoms with Crippen LogP contribution in [0.1, 0.15) is 15.9 Å². The van der Waals surface area contributed by atoms with Gasteiger partial charge in [0.25, 0.3) is 5.69 Å². The number of nitrogens with zero attached hydrogens (tertiary/aromatic N) is 1. The first-order chi connectivity index (χ1) is 10.0. The molecule has 0 aromatic heterocycles. The highest BCUT2D eigenvalue weighted by atomic mass is 19.2. The van der Waals surface area contributed by atoms with Gasteiger partial charge in [-0.25, -0.2) is 8.78 Å². The molecular formula is C14H9F2NO4. The predicted molar refractivity (Wildman–Crippen MR) is 69.2 cm³/mol. The van der Waals surface area contributed by atoms with E-state index in [1.165, 1.54) is 18.2 Å². The number of rotatable bonds is 5. The van der Waals surface area contributed by atoms with E-state index in [0.717, 1.165) is 18.2 Å². The highest BCUT2D eigenvalue weighted by molar-refractivity contribution is 5.80. The summed E-state index contributed by atoms with van der Waals surface area (Å²) in [5, 5.41) is 10.6. The Morgan fingerprint density at radius 3 is 2.67 bits per heavy atom. The van der Waals surface area contributed by atoms with Gasteiger partial charge in [0.05, 0.1) is 10.5 Å². The van der Waals surface area contributed by atoms with Crippen molar-refractivity contribution >= 4 is 12.0 Å².